The van der Waals surface area contributed by atoms with Crippen LogP contribution in [0.2, 0.25) is 0 Å². The van der Waals surface area contributed by atoms with Crippen LogP contribution in [0.5, 0.6) is 5.75 Å². The Kier molecular flexibility index (Phi) is 12.1. The van der Waals surface area contributed by atoms with Crippen LogP contribution in [-0.2, 0) is 11.2 Å². The molecule has 4 nitrogen and oxygen atoms in total. The molecule has 0 fully saturated rings. The number of hydrogen-bond acceptors (Lipinski definition) is 3. The van der Waals surface area contributed by atoms with Crippen molar-refractivity contribution in [3.63, 3.8) is 0 Å². The van der Waals surface area contributed by atoms with Gasteiger partial charge in [-0.15, -0.1) is 0 Å². The van der Waals surface area contributed by atoms with Gasteiger partial charge in [-0.3, -0.25) is 4.79 Å². The van der Waals surface area contributed by atoms with Gasteiger partial charge in [0.1, 0.15) is 5.75 Å². The molecular weight excluding hydrogens is 340 g/mol. The van der Waals surface area contributed by atoms with E-state index in [-0.39, 0.29) is 6.42 Å². The molecule has 0 aliphatic carbocycles. The van der Waals surface area contributed by atoms with Gasteiger partial charge in [0.15, 0.2) is 0 Å². The summed E-state index contributed by atoms with van der Waals surface area (Å²) in [5.41, 5.74) is 0.694. The van der Waals surface area contributed by atoms with Crippen molar-refractivity contribution in [3.05, 3.63) is 78.4 Å². The highest BCUT2D eigenvalue weighted by molar-refractivity contribution is 5.70. The Hall–Kier alpha value is -2.59. The van der Waals surface area contributed by atoms with Crippen LogP contribution in [0.4, 0.5) is 0 Å². The van der Waals surface area contributed by atoms with E-state index in [0.717, 1.165) is 19.3 Å². The second-order valence-corrected chi connectivity index (χ2v) is 6.08. The van der Waals surface area contributed by atoms with Crippen LogP contribution in [0.3, 0.4) is 0 Å². The topological polar surface area (TPSA) is 66.8 Å². The fourth-order valence-electron chi connectivity index (χ4n) is 2.29. The maximum Gasteiger partial charge on any atom is 0.307 e. The van der Waals surface area contributed by atoms with Crippen molar-refractivity contribution in [2.45, 2.75) is 45.1 Å². The predicted molar refractivity (Wildman–Crippen MR) is 110 cm³/mol. The average molecular weight is 370 g/mol. The zero-order valence-electron chi connectivity index (χ0n) is 16.0. The SMILES string of the molecule is CC/C=C\CC/C=C/C=C\C=C\[C@@H](O)CCOc1cccc(CC(=O)O)c1. The van der Waals surface area contributed by atoms with Crippen LogP contribution in [0.25, 0.3) is 0 Å². The largest absolute Gasteiger partial charge is 0.493 e. The number of aliphatic hydroxyl groups is 1. The lowest BCUT2D eigenvalue weighted by atomic mass is 10.1. The molecule has 4 heteroatoms. The number of allylic oxidation sites excluding steroid dienone is 7. The molecule has 0 bridgehead atoms. The maximum atomic E-state index is 10.7. The molecular formula is C23H30O4. The standard InChI is InChI=1S/C23H30O4/c1-2-3-4-5-6-7-8-9-10-11-14-21(24)16-17-27-22-15-12-13-20(18-22)19-23(25)26/h3-4,7-15,18,21,24H,2,5-6,16-17,19H2,1H3,(H,25,26)/b4-3-,8-7+,10-9-,14-11+/t21-/m1/s1. The summed E-state index contributed by atoms with van der Waals surface area (Å²) in [6, 6.07) is 7.01. The minimum atomic E-state index is -0.871. The molecule has 0 amide bonds. The lowest BCUT2D eigenvalue weighted by molar-refractivity contribution is -0.136. The van der Waals surface area contributed by atoms with E-state index in [2.05, 4.69) is 25.2 Å². The van der Waals surface area contributed by atoms with Gasteiger partial charge in [0.25, 0.3) is 0 Å². The number of carboxylic acids is 1. The fourth-order valence-corrected chi connectivity index (χ4v) is 2.29. The smallest absolute Gasteiger partial charge is 0.307 e. The van der Waals surface area contributed by atoms with E-state index in [4.69, 9.17) is 9.84 Å². The minimum absolute atomic E-state index is 0.0290. The molecule has 0 aliphatic rings. The van der Waals surface area contributed by atoms with Crippen LogP contribution in [-0.4, -0.2) is 28.9 Å². The average Bonchev–Trinajstić information content (AvgIpc) is 2.63. The molecule has 146 valence electrons. The summed E-state index contributed by atoms with van der Waals surface area (Å²) in [5, 5.41) is 18.7. The molecule has 1 rings (SSSR count). The van der Waals surface area contributed by atoms with Gasteiger partial charge in [0.05, 0.1) is 19.1 Å². The van der Waals surface area contributed by atoms with Crippen molar-refractivity contribution in [2.75, 3.05) is 6.61 Å². The Balaban J connectivity index is 2.23. The molecule has 0 heterocycles. The van der Waals surface area contributed by atoms with E-state index >= 15 is 0 Å². The lowest BCUT2D eigenvalue weighted by Crippen LogP contribution is -2.09. The Morgan fingerprint density at radius 3 is 2.67 bits per heavy atom. The number of aliphatic hydroxyl groups excluding tert-OH is 1. The molecule has 0 aromatic heterocycles. The number of benzene rings is 1. The zero-order valence-corrected chi connectivity index (χ0v) is 16.0. The zero-order chi connectivity index (χ0) is 19.7. The van der Waals surface area contributed by atoms with Gasteiger partial charge in [0, 0.05) is 6.42 Å². The van der Waals surface area contributed by atoms with Crippen LogP contribution < -0.4 is 4.74 Å². The van der Waals surface area contributed by atoms with Gasteiger partial charge in [-0.1, -0.05) is 67.7 Å². The molecule has 0 saturated carbocycles. The number of carbonyl (C=O) groups is 1. The van der Waals surface area contributed by atoms with Crippen molar-refractivity contribution < 1.29 is 19.7 Å². The quantitative estimate of drug-likeness (QED) is 0.296. The van der Waals surface area contributed by atoms with E-state index < -0.39 is 12.1 Å². The molecule has 0 saturated heterocycles. The van der Waals surface area contributed by atoms with Crippen LogP contribution in [0, 0.1) is 0 Å². The molecule has 0 radical (unpaired) electrons. The van der Waals surface area contributed by atoms with Gasteiger partial charge in [-0.2, -0.15) is 0 Å². The number of aliphatic carboxylic acids is 1. The maximum absolute atomic E-state index is 10.7. The van der Waals surface area contributed by atoms with Gasteiger partial charge in [0.2, 0.25) is 0 Å². The summed E-state index contributed by atoms with van der Waals surface area (Å²) in [6.45, 7) is 2.48. The molecule has 1 aromatic carbocycles. The Bertz CT molecular complexity index is 656. The molecule has 1 aromatic rings. The van der Waals surface area contributed by atoms with E-state index in [1.807, 2.05) is 24.3 Å². The molecule has 0 aliphatic heterocycles. The summed E-state index contributed by atoms with van der Waals surface area (Å²) in [6.07, 6.45) is 18.9. The second kappa shape index (κ2) is 14.6. The first kappa shape index (κ1) is 22.5. The lowest BCUT2D eigenvalue weighted by Gasteiger charge is -2.09. The Morgan fingerprint density at radius 2 is 1.89 bits per heavy atom. The summed E-state index contributed by atoms with van der Waals surface area (Å²) >= 11 is 0. The monoisotopic (exact) mass is 370 g/mol. The normalized spacial score (nSPS) is 13.3. The van der Waals surface area contributed by atoms with Crippen molar-refractivity contribution in [2.24, 2.45) is 0 Å². The fraction of sp³-hybridized carbons (Fsp3) is 0.348. The minimum Gasteiger partial charge on any atom is -0.493 e. The number of ether oxygens (including phenoxy) is 1. The number of carboxylic acid groups (broad SMARTS) is 1. The van der Waals surface area contributed by atoms with Crippen LogP contribution in [0.1, 0.15) is 38.2 Å². The van der Waals surface area contributed by atoms with Crippen molar-refractivity contribution in [3.8, 4) is 5.75 Å². The third kappa shape index (κ3) is 12.4. The Labute approximate surface area is 162 Å². The van der Waals surface area contributed by atoms with E-state index in [1.54, 1.807) is 30.3 Å². The summed E-state index contributed by atoms with van der Waals surface area (Å²) in [4.78, 5) is 10.7. The van der Waals surface area contributed by atoms with Gasteiger partial charge in [-0.25, -0.2) is 0 Å². The molecule has 2 N–H and O–H groups in total. The Morgan fingerprint density at radius 1 is 1.11 bits per heavy atom. The van der Waals surface area contributed by atoms with E-state index in [1.165, 1.54) is 0 Å². The van der Waals surface area contributed by atoms with Gasteiger partial charge >= 0.3 is 5.97 Å². The van der Waals surface area contributed by atoms with Crippen molar-refractivity contribution in [1.82, 2.24) is 0 Å². The number of unbranched alkanes of at least 4 members (excludes halogenated alkanes) is 1. The number of rotatable bonds is 13. The molecule has 0 unspecified atom stereocenters. The van der Waals surface area contributed by atoms with E-state index in [9.17, 15) is 9.90 Å². The highest BCUT2D eigenvalue weighted by Gasteiger charge is 2.03. The van der Waals surface area contributed by atoms with E-state index in [0.29, 0.717) is 24.3 Å². The molecule has 27 heavy (non-hydrogen) atoms. The van der Waals surface area contributed by atoms with Crippen molar-refractivity contribution >= 4 is 5.97 Å². The first-order valence-corrected chi connectivity index (χ1v) is 9.38. The highest BCUT2D eigenvalue weighted by atomic mass is 16.5. The third-order valence-electron chi connectivity index (χ3n) is 3.64. The third-order valence-corrected chi connectivity index (χ3v) is 3.64. The molecule has 1 atom stereocenters. The van der Waals surface area contributed by atoms with Gasteiger partial charge in [-0.05, 0) is 37.0 Å². The van der Waals surface area contributed by atoms with Gasteiger partial charge < -0.3 is 14.9 Å². The summed E-state index contributed by atoms with van der Waals surface area (Å²) in [5.74, 6) is -0.257. The van der Waals surface area contributed by atoms with Crippen molar-refractivity contribution in [1.29, 1.82) is 0 Å². The van der Waals surface area contributed by atoms with Crippen LogP contribution in [0.15, 0.2) is 72.9 Å². The molecule has 0 spiro atoms. The number of hydrogen-bond donors (Lipinski definition) is 2. The first-order chi connectivity index (χ1) is 13.1. The second-order valence-electron chi connectivity index (χ2n) is 6.08. The first-order valence-electron chi connectivity index (χ1n) is 9.38. The summed E-state index contributed by atoms with van der Waals surface area (Å²) < 4.78 is 5.58. The summed E-state index contributed by atoms with van der Waals surface area (Å²) in [7, 11) is 0. The highest BCUT2D eigenvalue weighted by Crippen LogP contribution is 2.14. The van der Waals surface area contributed by atoms with Crippen LogP contribution >= 0.6 is 0 Å². The predicted octanol–water partition coefficient (Wildman–Crippen LogP) is 4.86.